The van der Waals surface area contributed by atoms with Crippen LogP contribution in [0.3, 0.4) is 0 Å². The van der Waals surface area contributed by atoms with Gasteiger partial charge in [0.05, 0.1) is 12.1 Å². The molecule has 1 aromatic heterocycles. The Morgan fingerprint density at radius 1 is 1.02 bits per heavy atom. The lowest BCUT2D eigenvalue weighted by molar-refractivity contribution is -0.137. The molecule has 1 saturated heterocycles. The van der Waals surface area contributed by atoms with Crippen LogP contribution in [0.1, 0.15) is 42.9 Å². The van der Waals surface area contributed by atoms with Gasteiger partial charge in [0.1, 0.15) is 23.4 Å². The van der Waals surface area contributed by atoms with Crippen molar-refractivity contribution in [2.75, 3.05) is 13.1 Å². The van der Waals surface area contributed by atoms with Crippen LogP contribution in [0.15, 0.2) is 112 Å². The number of furan rings is 1. The largest absolute Gasteiger partial charge is 0.459 e. The zero-order valence-corrected chi connectivity index (χ0v) is 26.6. The minimum Gasteiger partial charge on any atom is -0.459 e. The molecule has 1 aliphatic heterocycles. The summed E-state index contributed by atoms with van der Waals surface area (Å²) in [6, 6.07) is 17.2. The Balaban J connectivity index is 1.41. The van der Waals surface area contributed by atoms with Gasteiger partial charge in [-0.05, 0) is 72.3 Å². The molecule has 0 spiro atoms. The number of alkyl halides is 5. The fourth-order valence-corrected chi connectivity index (χ4v) is 5.43. The van der Waals surface area contributed by atoms with Gasteiger partial charge >= 0.3 is 6.18 Å². The molecular formula is C37H35F5N4O3. The minimum absolute atomic E-state index is 0.0463. The second kappa shape index (κ2) is 14.6. The molecule has 4 aromatic rings. The van der Waals surface area contributed by atoms with Crippen LogP contribution in [0.4, 0.5) is 22.0 Å². The molecule has 5 rings (SSSR count). The van der Waals surface area contributed by atoms with E-state index in [2.05, 4.69) is 17.0 Å². The van der Waals surface area contributed by atoms with Crippen molar-refractivity contribution in [3.63, 3.8) is 0 Å². The van der Waals surface area contributed by atoms with Crippen LogP contribution in [0.2, 0.25) is 0 Å². The quantitative estimate of drug-likeness (QED) is 0.0681. The van der Waals surface area contributed by atoms with Crippen molar-refractivity contribution in [2.24, 2.45) is 10.7 Å². The van der Waals surface area contributed by atoms with Crippen LogP contribution in [-0.2, 0) is 17.5 Å². The number of halogens is 5. The third-order valence-corrected chi connectivity index (χ3v) is 8.24. The summed E-state index contributed by atoms with van der Waals surface area (Å²) in [7, 11) is 0. The maximum atomic E-state index is 13.6. The van der Waals surface area contributed by atoms with E-state index in [1.54, 1.807) is 66.4 Å². The van der Waals surface area contributed by atoms with Crippen molar-refractivity contribution >= 4 is 23.6 Å². The number of allylic oxidation sites excluding steroid dienone is 4. The first-order chi connectivity index (χ1) is 23.2. The summed E-state index contributed by atoms with van der Waals surface area (Å²) in [6.07, 6.45) is 0.0206. The summed E-state index contributed by atoms with van der Waals surface area (Å²) in [5, 5.41) is 14.3. The Bertz CT molecular complexity index is 1900. The molecule has 3 aromatic carbocycles. The molecule has 0 aliphatic carbocycles. The molecule has 7 nitrogen and oxygen atoms in total. The van der Waals surface area contributed by atoms with E-state index in [9.17, 15) is 31.9 Å². The van der Waals surface area contributed by atoms with E-state index >= 15 is 0 Å². The minimum atomic E-state index is -4.50. The van der Waals surface area contributed by atoms with Gasteiger partial charge in [0.2, 0.25) is 5.91 Å². The number of fused-ring (bicyclic) bond motifs is 1. The number of hydrogen-bond acceptors (Lipinski definition) is 6. The average Bonchev–Trinajstić information content (AvgIpc) is 3.51. The lowest BCUT2D eigenvalue weighted by Crippen LogP contribution is -2.41. The predicted molar refractivity (Wildman–Crippen MR) is 179 cm³/mol. The van der Waals surface area contributed by atoms with Gasteiger partial charge in [-0.25, -0.2) is 13.8 Å². The topological polar surface area (TPSA) is 104 Å². The Morgan fingerprint density at radius 2 is 1.67 bits per heavy atom. The number of carbonyl (C=O) groups is 1. The van der Waals surface area contributed by atoms with Gasteiger partial charge < -0.3 is 20.6 Å². The van der Waals surface area contributed by atoms with Crippen molar-refractivity contribution in [1.82, 2.24) is 10.2 Å². The Kier molecular flexibility index (Phi) is 10.5. The second-order valence-corrected chi connectivity index (χ2v) is 11.8. The number of hydrogen-bond donors (Lipinski definition) is 3. The number of amides is 1. The number of nitrogens with two attached hydrogens (primary N) is 1. The van der Waals surface area contributed by atoms with Crippen LogP contribution >= 0.6 is 0 Å². The average molecular weight is 679 g/mol. The highest BCUT2D eigenvalue weighted by molar-refractivity contribution is 5.97. The highest BCUT2D eigenvalue weighted by atomic mass is 19.4. The molecule has 4 N–H and O–H groups in total. The smallest absolute Gasteiger partial charge is 0.416 e. The molecule has 0 bridgehead atoms. The summed E-state index contributed by atoms with van der Waals surface area (Å²) < 4.78 is 73.3. The third kappa shape index (κ3) is 8.89. The Morgan fingerprint density at radius 3 is 2.31 bits per heavy atom. The van der Waals surface area contributed by atoms with Gasteiger partial charge in [0.25, 0.3) is 5.92 Å². The summed E-state index contributed by atoms with van der Waals surface area (Å²) in [5.74, 6) is -2.45. The monoisotopic (exact) mass is 678 g/mol. The first kappa shape index (κ1) is 35.2. The third-order valence-electron chi connectivity index (χ3n) is 8.24. The number of aliphatic hydroxyl groups is 1. The molecule has 0 radical (unpaired) electrons. The van der Waals surface area contributed by atoms with Gasteiger partial charge in [-0.1, -0.05) is 54.1 Å². The lowest BCUT2D eigenvalue weighted by Gasteiger charge is -2.35. The molecule has 0 saturated carbocycles. The zero-order valence-electron chi connectivity index (χ0n) is 26.6. The molecule has 1 unspecified atom stereocenters. The predicted octanol–water partition coefficient (Wildman–Crippen LogP) is 8.13. The van der Waals surface area contributed by atoms with Crippen LogP contribution in [-0.4, -0.2) is 41.6 Å². The Hall–Kier alpha value is -5.07. The van der Waals surface area contributed by atoms with Gasteiger partial charge in [-0.3, -0.25) is 9.69 Å². The van der Waals surface area contributed by atoms with Gasteiger partial charge in [-0.2, -0.15) is 13.2 Å². The van der Waals surface area contributed by atoms with Gasteiger partial charge in [-0.15, -0.1) is 0 Å². The lowest BCUT2D eigenvalue weighted by atomic mass is 9.95. The van der Waals surface area contributed by atoms with E-state index in [0.29, 0.717) is 33.4 Å². The van der Waals surface area contributed by atoms with Crippen LogP contribution in [0.5, 0.6) is 0 Å². The van der Waals surface area contributed by atoms with E-state index in [1.165, 1.54) is 18.2 Å². The van der Waals surface area contributed by atoms with Gasteiger partial charge in [0.15, 0.2) is 0 Å². The normalized spacial score (nSPS) is 16.6. The zero-order chi connectivity index (χ0) is 35.3. The van der Waals surface area contributed by atoms with E-state index < -0.39 is 23.9 Å². The fourth-order valence-electron chi connectivity index (χ4n) is 5.43. The molecule has 256 valence electrons. The molecular weight excluding hydrogens is 643 g/mol. The molecule has 2 heterocycles. The highest BCUT2D eigenvalue weighted by Gasteiger charge is 2.36. The van der Waals surface area contributed by atoms with E-state index in [0.717, 1.165) is 28.8 Å². The first-order valence-electron chi connectivity index (χ1n) is 15.4. The SMILES string of the molecule is C=N\C(N)=C/C=C(C)/C=C/C(=O)NCc1cc2cc(-c3ccc(C(O)N4CCC(F)(F)CC4)cc3)cc(-c3ccc(C(F)(F)F)cc3)c2o1. The summed E-state index contributed by atoms with van der Waals surface area (Å²) in [6.45, 7) is 5.30. The number of nitrogens with zero attached hydrogens (tertiary/aromatic N) is 2. The number of nitrogens with one attached hydrogen (secondary N) is 1. The van der Waals surface area contributed by atoms with Crippen molar-refractivity contribution in [2.45, 2.75) is 44.6 Å². The fraction of sp³-hybridized carbons (Fsp3) is 0.243. The summed E-state index contributed by atoms with van der Waals surface area (Å²) in [5.41, 5.74) is 9.03. The number of rotatable bonds is 10. The van der Waals surface area contributed by atoms with Gasteiger partial charge in [0, 0.05) is 43.0 Å². The van der Waals surface area contributed by atoms with Crippen LogP contribution in [0, 0.1) is 0 Å². The number of benzene rings is 3. The standard InChI is InChI=1S/C37H35F5N4O3/c1-23(3-13-32(43)44-2)4-14-33(47)45-22-30-20-28-19-27(21-31(34(28)49-30)25-9-11-29(12-10-25)37(40,41)42)24-5-7-26(8-6-24)35(48)46-17-15-36(38,39)16-18-46/h3-14,19-21,35,48H,2,15-18,22,43H2,1H3,(H,45,47)/b14-4+,23-3+,32-13-. The first-order valence-corrected chi connectivity index (χ1v) is 15.4. The highest BCUT2D eigenvalue weighted by Crippen LogP contribution is 2.38. The van der Waals surface area contributed by atoms with Crippen molar-refractivity contribution < 1.29 is 36.3 Å². The summed E-state index contributed by atoms with van der Waals surface area (Å²) in [4.78, 5) is 17.7. The number of carbonyl (C=O) groups excluding carboxylic acids is 1. The second-order valence-electron chi connectivity index (χ2n) is 11.8. The van der Waals surface area contributed by atoms with E-state index in [-0.39, 0.29) is 44.2 Å². The molecule has 1 amide bonds. The molecule has 12 heteroatoms. The number of piperidine rings is 1. The van der Waals surface area contributed by atoms with E-state index in [1.807, 2.05) is 6.07 Å². The Labute approximate surface area is 279 Å². The maximum Gasteiger partial charge on any atom is 0.416 e. The van der Waals surface area contributed by atoms with E-state index in [4.69, 9.17) is 10.2 Å². The summed E-state index contributed by atoms with van der Waals surface area (Å²) >= 11 is 0. The molecule has 1 aliphatic rings. The van der Waals surface area contributed by atoms with Crippen LogP contribution in [0.25, 0.3) is 33.2 Å². The molecule has 49 heavy (non-hydrogen) atoms. The number of aliphatic imine (C=N–C) groups is 1. The molecule has 1 atom stereocenters. The molecule has 1 fully saturated rings. The number of aliphatic hydroxyl groups excluding tert-OH is 1. The van der Waals surface area contributed by atoms with Crippen molar-refractivity contribution in [3.8, 4) is 22.3 Å². The van der Waals surface area contributed by atoms with Crippen molar-refractivity contribution in [3.05, 3.63) is 119 Å². The maximum absolute atomic E-state index is 13.6. The van der Waals surface area contributed by atoms with Crippen molar-refractivity contribution in [1.29, 1.82) is 0 Å². The number of likely N-dealkylation sites (tertiary alicyclic amines) is 1. The van der Waals surface area contributed by atoms with Crippen LogP contribution < -0.4 is 11.1 Å².